The second-order valence-corrected chi connectivity index (χ2v) is 14.8. The van der Waals surface area contributed by atoms with Crippen LogP contribution < -0.4 is 4.90 Å². The van der Waals surface area contributed by atoms with E-state index in [2.05, 4.69) is 238 Å². The minimum Gasteiger partial charge on any atom is -0.310 e. The molecule has 0 bridgehead atoms. The molecule has 11 rings (SSSR count). The van der Waals surface area contributed by atoms with Gasteiger partial charge in [0, 0.05) is 39.1 Å². The number of aromatic nitrogens is 3. The molecule has 2 heterocycles. The Balaban J connectivity index is 1.11. The molecule has 0 amide bonds. The Kier molecular flexibility index (Phi) is 8.45. The molecule has 9 aromatic carbocycles. The highest BCUT2D eigenvalue weighted by Gasteiger charge is 2.22. The van der Waals surface area contributed by atoms with Crippen LogP contribution in [0, 0.1) is 0 Å². The van der Waals surface area contributed by atoms with Gasteiger partial charge in [0.1, 0.15) is 5.82 Å². The Hall–Kier alpha value is -7.95. The number of benzene rings is 9. The van der Waals surface area contributed by atoms with Gasteiger partial charge in [-0.25, -0.2) is 4.98 Å². The monoisotopic (exact) mass is 754 g/mol. The molecule has 4 heteroatoms. The van der Waals surface area contributed by atoms with Gasteiger partial charge in [0.05, 0.1) is 27.8 Å². The van der Waals surface area contributed by atoms with Crippen molar-refractivity contribution in [3.8, 4) is 45.0 Å². The minimum absolute atomic E-state index is 0.925. The van der Waals surface area contributed by atoms with Crippen molar-refractivity contribution in [2.75, 3.05) is 4.90 Å². The van der Waals surface area contributed by atoms with E-state index in [4.69, 9.17) is 4.98 Å². The molecule has 0 saturated heterocycles. The molecule has 0 N–H and O–H groups in total. The number of anilines is 3. The largest absolute Gasteiger partial charge is 0.310 e. The first-order valence-corrected chi connectivity index (χ1v) is 20.1. The van der Waals surface area contributed by atoms with E-state index in [0.29, 0.717) is 0 Å². The van der Waals surface area contributed by atoms with Crippen molar-refractivity contribution in [2.24, 2.45) is 0 Å². The number of para-hydroxylation sites is 4. The van der Waals surface area contributed by atoms with E-state index in [1.54, 1.807) is 0 Å². The van der Waals surface area contributed by atoms with Gasteiger partial charge >= 0.3 is 0 Å². The summed E-state index contributed by atoms with van der Waals surface area (Å²) in [6.07, 6.45) is 0. The van der Waals surface area contributed by atoms with Gasteiger partial charge in [0.2, 0.25) is 0 Å². The highest BCUT2D eigenvalue weighted by molar-refractivity contribution is 6.16. The fourth-order valence-corrected chi connectivity index (χ4v) is 8.62. The fourth-order valence-electron chi connectivity index (χ4n) is 8.62. The molecule has 0 radical (unpaired) electrons. The van der Waals surface area contributed by atoms with Crippen LogP contribution in [0.15, 0.2) is 231 Å². The zero-order valence-electron chi connectivity index (χ0n) is 32.2. The predicted octanol–water partition coefficient (Wildman–Crippen LogP) is 14.6. The summed E-state index contributed by atoms with van der Waals surface area (Å²) >= 11 is 0. The Morgan fingerprint density at radius 1 is 0.339 bits per heavy atom. The normalized spacial score (nSPS) is 11.4. The zero-order chi connectivity index (χ0) is 39.1. The van der Waals surface area contributed by atoms with Crippen LogP contribution in [0.2, 0.25) is 0 Å². The Bertz CT molecular complexity index is 3180. The maximum atomic E-state index is 5.09. The molecule has 11 aromatic rings. The van der Waals surface area contributed by atoms with Crippen LogP contribution in [-0.2, 0) is 0 Å². The van der Waals surface area contributed by atoms with Crippen molar-refractivity contribution >= 4 is 49.9 Å². The fraction of sp³-hybridized carbons (Fsp3) is 0. The van der Waals surface area contributed by atoms with Gasteiger partial charge in [-0.2, -0.15) is 0 Å². The van der Waals surface area contributed by atoms with Gasteiger partial charge in [-0.1, -0.05) is 146 Å². The van der Waals surface area contributed by atoms with E-state index in [9.17, 15) is 0 Å². The quantitative estimate of drug-likeness (QED) is 0.154. The van der Waals surface area contributed by atoms with Crippen LogP contribution in [0.4, 0.5) is 17.1 Å². The highest BCUT2D eigenvalue weighted by Crippen LogP contribution is 2.45. The summed E-state index contributed by atoms with van der Waals surface area (Å²) in [4.78, 5) is 7.51. The molecular weight excluding hydrogens is 717 g/mol. The molecule has 0 aliphatic carbocycles. The third kappa shape index (κ3) is 6.06. The number of hydrogen-bond acceptors (Lipinski definition) is 2. The lowest BCUT2D eigenvalue weighted by molar-refractivity contribution is 1.09. The molecule has 4 nitrogen and oxygen atoms in total. The second kappa shape index (κ2) is 14.5. The standard InChI is InChI=1S/C55H38N4/c1-5-18-39(19-6-1)42-36-43(40-20-7-2-8-21-40)38-47(37-42)57(44-24-11-4-12-25-44)52-30-17-31-53-54(52)48-26-13-15-28-50(48)58(53)45-32-34-46(35-33-45)59-51-29-16-14-27-49(51)56-55(59)41-22-9-3-10-23-41/h1-38H. The average molecular weight is 755 g/mol. The molecule has 0 unspecified atom stereocenters. The highest BCUT2D eigenvalue weighted by atomic mass is 15.1. The van der Waals surface area contributed by atoms with Gasteiger partial charge in [0.25, 0.3) is 0 Å². The van der Waals surface area contributed by atoms with Crippen LogP contribution in [0.5, 0.6) is 0 Å². The van der Waals surface area contributed by atoms with Crippen LogP contribution in [0.25, 0.3) is 77.9 Å². The molecule has 0 saturated carbocycles. The zero-order valence-corrected chi connectivity index (χ0v) is 32.2. The molecular formula is C55H38N4. The average Bonchev–Trinajstić information content (AvgIpc) is 3.87. The Morgan fingerprint density at radius 3 is 1.49 bits per heavy atom. The lowest BCUT2D eigenvalue weighted by atomic mass is 9.97. The van der Waals surface area contributed by atoms with E-state index in [1.807, 2.05) is 6.07 Å². The summed E-state index contributed by atoms with van der Waals surface area (Å²) in [6.45, 7) is 0. The molecule has 2 aromatic heterocycles. The molecule has 0 aliphatic heterocycles. The van der Waals surface area contributed by atoms with E-state index >= 15 is 0 Å². The maximum Gasteiger partial charge on any atom is 0.145 e. The van der Waals surface area contributed by atoms with Crippen molar-refractivity contribution < 1.29 is 0 Å². The Labute approximate surface area is 343 Å². The summed E-state index contributed by atoms with van der Waals surface area (Å²) in [7, 11) is 0. The number of imidazole rings is 1. The van der Waals surface area contributed by atoms with E-state index in [0.717, 1.165) is 61.9 Å². The molecule has 0 spiro atoms. The van der Waals surface area contributed by atoms with Crippen LogP contribution >= 0.6 is 0 Å². The topological polar surface area (TPSA) is 26.0 Å². The number of fused-ring (bicyclic) bond motifs is 4. The first-order valence-electron chi connectivity index (χ1n) is 20.1. The minimum atomic E-state index is 0.925. The number of nitrogens with zero attached hydrogens (tertiary/aromatic N) is 4. The summed E-state index contributed by atoms with van der Waals surface area (Å²) in [6, 6.07) is 82.3. The van der Waals surface area contributed by atoms with Gasteiger partial charge in [0.15, 0.2) is 0 Å². The molecule has 0 atom stereocenters. The maximum absolute atomic E-state index is 5.09. The van der Waals surface area contributed by atoms with Crippen molar-refractivity contribution in [1.82, 2.24) is 14.1 Å². The number of rotatable bonds is 8. The van der Waals surface area contributed by atoms with Crippen LogP contribution in [0.3, 0.4) is 0 Å². The second-order valence-electron chi connectivity index (χ2n) is 14.8. The number of hydrogen-bond donors (Lipinski definition) is 0. The predicted molar refractivity (Wildman–Crippen MR) is 246 cm³/mol. The third-order valence-corrected chi connectivity index (χ3v) is 11.3. The van der Waals surface area contributed by atoms with E-state index in [1.165, 1.54) is 33.0 Å². The smallest absolute Gasteiger partial charge is 0.145 e. The summed E-state index contributed by atoms with van der Waals surface area (Å²) < 4.78 is 4.67. The summed E-state index contributed by atoms with van der Waals surface area (Å²) in [5, 5.41) is 2.38. The molecule has 59 heavy (non-hydrogen) atoms. The lowest BCUT2D eigenvalue weighted by Crippen LogP contribution is -2.11. The van der Waals surface area contributed by atoms with Crippen molar-refractivity contribution in [1.29, 1.82) is 0 Å². The first kappa shape index (κ1) is 34.3. The summed E-state index contributed by atoms with van der Waals surface area (Å²) in [5.74, 6) is 0.925. The van der Waals surface area contributed by atoms with E-state index < -0.39 is 0 Å². The molecule has 0 aliphatic rings. The molecule has 278 valence electrons. The third-order valence-electron chi connectivity index (χ3n) is 11.3. The van der Waals surface area contributed by atoms with Gasteiger partial charge < -0.3 is 9.47 Å². The van der Waals surface area contributed by atoms with Crippen molar-refractivity contribution in [3.63, 3.8) is 0 Å². The summed E-state index contributed by atoms with van der Waals surface area (Å²) in [5.41, 5.74) is 15.5. The lowest BCUT2D eigenvalue weighted by Gasteiger charge is -2.28. The van der Waals surface area contributed by atoms with E-state index in [-0.39, 0.29) is 0 Å². The van der Waals surface area contributed by atoms with Gasteiger partial charge in [-0.05, 0) is 107 Å². The van der Waals surface area contributed by atoms with Crippen LogP contribution in [-0.4, -0.2) is 14.1 Å². The van der Waals surface area contributed by atoms with Gasteiger partial charge in [-0.3, -0.25) is 4.57 Å². The SMILES string of the molecule is c1ccc(-c2cc(-c3ccccc3)cc(N(c3ccccc3)c3cccc4c3c3ccccc3n4-c3ccc(-n4c(-c5ccccc5)nc5ccccc54)cc3)c2)cc1. The Morgan fingerprint density at radius 2 is 0.847 bits per heavy atom. The van der Waals surface area contributed by atoms with Crippen LogP contribution in [0.1, 0.15) is 0 Å². The van der Waals surface area contributed by atoms with Gasteiger partial charge in [-0.15, -0.1) is 0 Å². The van der Waals surface area contributed by atoms with Crippen molar-refractivity contribution in [3.05, 3.63) is 231 Å². The first-order chi connectivity index (χ1) is 29.3. The van der Waals surface area contributed by atoms with Crippen molar-refractivity contribution in [2.45, 2.75) is 0 Å². The molecule has 0 fully saturated rings.